The molecule has 0 aromatic heterocycles. The molecule has 0 aliphatic carbocycles. The molecule has 0 radical (unpaired) electrons. The van der Waals surface area contributed by atoms with Crippen LogP contribution in [0.2, 0.25) is 0 Å². The van der Waals surface area contributed by atoms with Gasteiger partial charge < -0.3 is 44.1 Å². The number of phosphoric ester groups is 1. The molecular weight excluding hydrogens is 960 g/mol. The van der Waals surface area contributed by atoms with E-state index in [1.54, 1.807) is 16.7 Å². The summed E-state index contributed by atoms with van der Waals surface area (Å²) in [6.45, 7) is 13.6. The molecule has 0 bridgehead atoms. The lowest BCUT2D eigenvalue weighted by Crippen LogP contribution is -3.11. The topological polar surface area (TPSA) is 214 Å². The van der Waals surface area contributed by atoms with Crippen molar-refractivity contribution in [2.24, 2.45) is 0 Å². The van der Waals surface area contributed by atoms with Crippen molar-refractivity contribution in [3.05, 3.63) is 0 Å². The molecule has 2 rings (SSSR count). The van der Waals surface area contributed by atoms with Crippen LogP contribution in [0.25, 0.3) is 0 Å². The van der Waals surface area contributed by atoms with Crippen LogP contribution in [0.4, 0.5) is 9.59 Å². The highest BCUT2D eigenvalue weighted by Crippen LogP contribution is 2.39. The largest absolute Gasteiger partial charge is 0.756 e. The smallest absolute Gasteiger partial charge is 0.415 e. The summed E-state index contributed by atoms with van der Waals surface area (Å²) in [6.07, 6.45) is 30.9. The number of amides is 4. The van der Waals surface area contributed by atoms with Gasteiger partial charge in [-0.05, 0) is 46.5 Å². The van der Waals surface area contributed by atoms with Gasteiger partial charge >= 0.3 is 24.1 Å². The Bertz CT molecular complexity index is 1460. The van der Waals surface area contributed by atoms with Crippen LogP contribution in [0.1, 0.15) is 240 Å². The van der Waals surface area contributed by atoms with Gasteiger partial charge in [0.25, 0.3) is 7.82 Å². The molecule has 0 aromatic carbocycles. The summed E-state index contributed by atoms with van der Waals surface area (Å²) in [5, 5.41) is 14.8. The fourth-order valence-electron chi connectivity index (χ4n) is 9.18. The number of hydrogen-bond acceptors (Lipinski definition) is 12. The van der Waals surface area contributed by atoms with Gasteiger partial charge in [-0.1, -0.05) is 174 Å². The molecule has 422 valence electrons. The number of phosphoric acid groups is 1. The normalized spacial score (nSPS) is 17.5. The van der Waals surface area contributed by atoms with Crippen LogP contribution in [0.15, 0.2) is 0 Å². The molecule has 2 aliphatic heterocycles. The molecule has 5 atom stereocenters. The van der Waals surface area contributed by atoms with E-state index in [0.717, 1.165) is 43.4 Å². The van der Waals surface area contributed by atoms with E-state index in [9.17, 15) is 38.5 Å². The average molecular weight is 1060 g/mol. The molecule has 3 unspecified atom stereocenters. The minimum Gasteiger partial charge on any atom is -0.756 e. The standard InChI is InChI=1S/C48H88N3O12PS.C6H15N/c1-3-5-7-9-11-13-15-17-19-21-23-25-27-33-44(53)60-37-40(63-45(54)34-28-26-24-22-20-18-16-14-12-10-8-6-4-2)38-62-64(58,59)61-36-35-49-43(52)32-30-29-31-42-46-41(39-65-42)51(48(56)57)47(55)50-46;1-4-7(5-2)6-3/h40-42,46H,3-39H2,1-2H3,(H,49,52)(H,50,55)(H,56,57)(H,58,59);4-6H2,1-3H3/t40?,41-,42?,46-;/m0./s1. The Kier molecular flexibility index (Phi) is 42.1. The summed E-state index contributed by atoms with van der Waals surface area (Å²) in [5.74, 6) is -0.704. The highest BCUT2D eigenvalue weighted by atomic mass is 32.2. The highest BCUT2D eigenvalue weighted by molar-refractivity contribution is 8.00. The molecule has 2 saturated heterocycles. The molecule has 2 aliphatic rings. The Morgan fingerprint density at radius 1 is 0.681 bits per heavy atom. The summed E-state index contributed by atoms with van der Waals surface area (Å²) in [7, 11) is -4.86. The number of nitrogens with one attached hydrogen (secondary N) is 3. The first-order valence-electron chi connectivity index (χ1n) is 28.8. The predicted octanol–water partition coefficient (Wildman–Crippen LogP) is 11.1. The van der Waals surface area contributed by atoms with Crippen molar-refractivity contribution in [2.45, 2.75) is 264 Å². The van der Waals surface area contributed by atoms with Gasteiger partial charge in [0.1, 0.15) is 6.61 Å². The van der Waals surface area contributed by atoms with Crippen LogP contribution in [-0.4, -0.2) is 115 Å². The van der Waals surface area contributed by atoms with E-state index in [2.05, 4.69) is 45.3 Å². The maximum absolute atomic E-state index is 12.8. The minimum atomic E-state index is -4.86. The van der Waals surface area contributed by atoms with E-state index in [-0.39, 0.29) is 62.3 Å². The van der Waals surface area contributed by atoms with Gasteiger partial charge in [0.2, 0.25) is 5.91 Å². The van der Waals surface area contributed by atoms with Gasteiger partial charge in [-0.15, -0.1) is 0 Å². The first kappa shape index (κ1) is 67.6. The van der Waals surface area contributed by atoms with E-state index in [0.29, 0.717) is 37.9 Å². The van der Waals surface area contributed by atoms with Gasteiger partial charge in [0.15, 0.2) is 6.10 Å². The van der Waals surface area contributed by atoms with Crippen LogP contribution >= 0.6 is 19.6 Å². The fraction of sp³-hybridized carbons (Fsp3) is 0.907. The molecule has 72 heavy (non-hydrogen) atoms. The molecule has 2 fully saturated rings. The number of hydrogen-bond donors (Lipinski definition) is 4. The van der Waals surface area contributed by atoms with Gasteiger partial charge in [0.05, 0.1) is 44.9 Å². The number of ether oxygens (including phenoxy) is 2. The second kappa shape index (κ2) is 44.8. The first-order valence-corrected chi connectivity index (χ1v) is 31.3. The number of carbonyl (C=O) groups is 5. The molecule has 2 heterocycles. The van der Waals surface area contributed by atoms with E-state index in [1.165, 1.54) is 135 Å². The Labute approximate surface area is 440 Å². The maximum Gasteiger partial charge on any atom is 0.415 e. The molecule has 4 N–H and O–H groups in total. The van der Waals surface area contributed by atoms with Crippen molar-refractivity contribution in [3.8, 4) is 0 Å². The quantitative estimate of drug-likeness (QED) is 0.0193. The number of nitrogens with zero attached hydrogens (tertiary/aromatic N) is 1. The molecule has 4 amide bonds. The van der Waals surface area contributed by atoms with E-state index in [1.807, 2.05) is 0 Å². The number of carboxylic acid groups (broad SMARTS) is 1. The zero-order chi connectivity index (χ0) is 53.1. The van der Waals surface area contributed by atoms with Crippen LogP contribution in [-0.2, 0) is 37.5 Å². The number of esters is 2. The molecule has 18 heteroatoms. The number of quaternary nitrogens is 1. The van der Waals surface area contributed by atoms with E-state index < -0.39 is 44.6 Å². The van der Waals surface area contributed by atoms with Crippen molar-refractivity contribution in [2.75, 3.05) is 51.8 Å². The number of thioether (sulfide) groups is 1. The Hall–Kier alpha value is -2.43. The van der Waals surface area contributed by atoms with Gasteiger partial charge in [-0.25, -0.2) is 14.5 Å². The third-order valence-electron chi connectivity index (χ3n) is 13.8. The van der Waals surface area contributed by atoms with Gasteiger partial charge in [-0.3, -0.25) is 18.9 Å². The molecule has 16 nitrogen and oxygen atoms in total. The fourth-order valence-corrected chi connectivity index (χ4v) is 11.5. The maximum atomic E-state index is 12.8. The van der Waals surface area contributed by atoms with Crippen molar-refractivity contribution >= 4 is 49.6 Å². The summed E-state index contributed by atoms with van der Waals surface area (Å²) in [6, 6.07) is -1.23. The third-order valence-corrected chi connectivity index (χ3v) is 16.2. The Balaban J connectivity index is 0.00000343. The molecule has 0 spiro atoms. The first-order chi connectivity index (χ1) is 34.8. The van der Waals surface area contributed by atoms with Crippen LogP contribution in [0.5, 0.6) is 0 Å². The highest BCUT2D eigenvalue weighted by Gasteiger charge is 2.50. The van der Waals surface area contributed by atoms with E-state index >= 15 is 0 Å². The second-order valence-electron chi connectivity index (χ2n) is 19.8. The number of unbranched alkanes of at least 4 members (excludes halogenated alkanes) is 25. The van der Waals surface area contributed by atoms with Crippen molar-refractivity contribution in [1.29, 1.82) is 0 Å². The summed E-state index contributed by atoms with van der Waals surface area (Å²) in [4.78, 5) is 76.3. The summed E-state index contributed by atoms with van der Waals surface area (Å²) in [5.41, 5.74) is 0. The van der Waals surface area contributed by atoms with Crippen LogP contribution in [0, 0.1) is 0 Å². The van der Waals surface area contributed by atoms with E-state index in [4.69, 9.17) is 18.5 Å². The lowest BCUT2D eigenvalue weighted by Gasteiger charge is -2.25. The second-order valence-corrected chi connectivity index (χ2v) is 22.5. The molecule has 0 aromatic rings. The van der Waals surface area contributed by atoms with Gasteiger partial charge in [-0.2, -0.15) is 11.8 Å². The lowest BCUT2D eigenvalue weighted by atomic mass is 10.0. The zero-order valence-electron chi connectivity index (χ0n) is 45.8. The SMILES string of the molecule is CCCCCCCCCCCCCCCC(=O)OCC(COP(=O)([O-])OCCNC(=O)CCCCC1SC[C@H]2[C@@H]1NC(=O)N2C(=O)O)OC(=O)CCCCCCCCCCCCCCC.CC[NH+](CC)CC. The third kappa shape index (κ3) is 34.9. The predicted molar refractivity (Wildman–Crippen MR) is 287 cm³/mol. The molecular formula is C54H103N4O12PS. The number of carbonyl (C=O) groups excluding carboxylic acids is 4. The Morgan fingerprint density at radius 2 is 1.14 bits per heavy atom. The van der Waals surface area contributed by atoms with Crippen molar-refractivity contribution in [3.63, 3.8) is 0 Å². The number of rotatable bonds is 46. The number of urea groups is 1. The minimum absolute atomic E-state index is 0.0594. The van der Waals surface area contributed by atoms with Crippen LogP contribution in [0.3, 0.4) is 0 Å². The average Bonchev–Trinajstić information content (AvgIpc) is 3.90. The zero-order valence-corrected chi connectivity index (χ0v) is 47.5. The summed E-state index contributed by atoms with van der Waals surface area (Å²) >= 11 is 1.61. The van der Waals surface area contributed by atoms with Crippen molar-refractivity contribution in [1.82, 2.24) is 15.5 Å². The van der Waals surface area contributed by atoms with Crippen molar-refractivity contribution < 1.29 is 62.0 Å². The van der Waals surface area contributed by atoms with Crippen LogP contribution < -0.4 is 20.4 Å². The number of imide groups is 1. The summed E-state index contributed by atoms with van der Waals surface area (Å²) < 4.78 is 33.6. The number of fused-ring (bicyclic) bond motifs is 1. The molecule has 0 saturated carbocycles. The lowest BCUT2D eigenvalue weighted by molar-refractivity contribution is -0.894. The monoisotopic (exact) mass is 1060 g/mol. The Morgan fingerprint density at radius 3 is 1.60 bits per heavy atom. The van der Waals surface area contributed by atoms with Gasteiger partial charge in [0, 0.05) is 36.8 Å².